The van der Waals surface area contributed by atoms with Crippen molar-refractivity contribution in [2.45, 2.75) is 34.1 Å². The van der Waals surface area contributed by atoms with E-state index in [1.54, 1.807) is 40.6 Å². The molecule has 2 aromatic rings. The predicted octanol–water partition coefficient (Wildman–Crippen LogP) is 5.66. The zero-order valence-electron chi connectivity index (χ0n) is 18.3. The van der Waals surface area contributed by atoms with E-state index in [1.807, 2.05) is 76.2 Å². The van der Waals surface area contributed by atoms with Gasteiger partial charge in [-0.3, -0.25) is 0 Å². The Balaban J connectivity index is -0.000000491. The van der Waals surface area contributed by atoms with Crippen molar-refractivity contribution in [3.63, 3.8) is 0 Å². The fourth-order valence-corrected chi connectivity index (χ4v) is 1.56. The lowest BCUT2D eigenvalue weighted by Crippen LogP contribution is -2.07. The highest BCUT2D eigenvalue weighted by Gasteiger charge is 2.05. The van der Waals surface area contributed by atoms with E-state index >= 15 is 0 Å². The molecule has 0 fully saturated rings. The van der Waals surface area contributed by atoms with Gasteiger partial charge in [-0.2, -0.15) is 0 Å². The van der Waals surface area contributed by atoms with Gasteiger partial charge in [0.1, 0.15) is 0 Å². The largest absolute Gasteiger partial charge is 0.462 e. The maximum Gasteiger partial charge on any atom is 0.338 e. The number of ether oxygens (including phenoxy) is 3. The molecule has 0 amide bonds. The van der Waals surface area contributed by atoms with Crippen LogP contribution < -0.4 is 0 Å². The van der Waals surface area contributed by atoms with Crippen molar-refractivity contribution < 1.29 is 19.0 Å². The smallest absolute Gasteiger partial charge is 0.338 e. The average Bonchev–Trinajstić information content (AvgIpc) is 2.73. The van der Waals surface area contributed by atoms with Crippen LogP contribution in [-0.4, -0.2) is 41.0 Å². The number of methoxy groups -OCH3 is 2. The van der Waals surface area contributed by atoms with Gasteiger partial charge >= 0.3 is 5.97 Å². The third kappa shape index (κ3) is 20.0. The number of esters is 1. The van der Waals surface area contributed by atoms with Gasteiger partial charge in [-0.25, -0.2) is 4.79 Å². The summed E-state index contributed by atoms with van der Waals surface area (Å²) in [6.07, 6.45) is 0.749. The number of carbonyl (C=O) groups is 1. The van der Waals surface area contributed by atoms with Crippen LogP contribution in [0.1, 0.15) is 43.6 Å². The van der Waals surface area contributed by atoms with Crippen molar-refractivity contribution in [3.05, 3.63) is 71.8 Å². The van der Waals surface area contributed by atoms with Crippen LogP contribution in [0.5, 0.6) is 0 Å². The summed E-state index contributed by atoms with van der Waals surface area (Å²) in [5.74, 6) is -0.262. The Kier molecular flexibility index (Phi) is 28.6. The molecule has 0 saturated carbocycles. The van der Waals surface area contributed by atoms with Gasteiger partial charge in [-0.1, -0.05) is 76.2 Å². The average molecular weight is 379 g/mol. The van der Waals surface area contributed by atoms with Crippen LogP contribution in [0.15, 0.2) is 60.7 Å². The van der Waals surface area contributed by atoms with E-state index in [0.717, 1.165) is 6.42 Å². The monoisotopic (exact) mass is 378 g/mol. The predicted molar refractivity (Wildman–Crippen MR) is 115 cm³/mol. The van der Waals surface area contributed by atoms with Crippen molar-refractivity contribution in [2.75, 3.05) is 35.0 Å². The maximum absolute atomic E-state index is 11.6. The molecule has 2 rings (SSSR count). The van der Waals surface area contributed by atoms with E-state index in [4.69, 9.17) is 4.74 Å². The lowest BCUT2D eigenvalue weighted by atomic mass is 10.2. The molecule has 0 aliphatic heterocycles. The molecule has 0 unspecified atom stereocenters. The first-order valence-electron chi connectivity index (χ1n) is 9.25. The van der Waals surface area contributed by atoms with Crippen LogP contribution in [0.25, 0.3) is 0 Å². The van der Waals surface area contributed by atoms with Gasteiger partial charge in [0.15, 0.2) is 0 Å². The van der Waals surface area contributed by atoms with Crippen LogP contribution in [0.4, 0.5) is 0 Å². The number of rotatable bonds is 4. The number of carbonyl (C=O) groups excluding carboxylic acids is 1. The van der Waals surface area contributed by atoms with Crippen LogP contribution in [0.2, 0.25) is 0 Å². The van der Waals surface area contributed by atoms with E-state index in [1.165, 1.54) is 5.56 Å². The Bertz CT molecular complexity index is 496. The molecule has 0 N–H and O–H groups in total. The maximum atomic E-state index is 11.6. The van der Waals surface area contributed by atoms with Crippen molar-refractivity contribution >= 4 is 5.97 Å². The van der Waals surface area contributed by atoms with Gasteiger partial charge in [-0.05, 0) is 17.7 Å². The minimum Gasteiger partial charge on any atom is -0.462 e. The minimum atomic E-state index is -0.262. The number of hydrogen-bond acceptors (Lipinski definition) is 4. The quantitative estimate of drug-likeness (QED) is 0.644. The van der Waals surface area contributed by atoms with E-state index < -0.39 is 0 Å². The molecule has 0 aliphatic carbocycles. The van der Waals surface area contributed by atoms with E-state index in [2.05, 4.69) is 9.47 Å². The standard InChI is InChI=1S/C15H14O2.2C2H6O.2C2H6/c16-15(14-9-5-2-6-10-14)17-12-11-13-7-3-1-4-8-13;2*1-3-2;2*1-2/h1-10H,11-12H2;2*1-2H3;2*1-2H3. The van der Waals surface area contributed by atoms with Crippen LogP contribution in [-0.2, 0) is 20.6 Å². The Hall–Kier alpha value is -2.17. The molecular formula is C23H38O4. The molecule has 4 heteroatoms. The molecule has 0 heterocycles. The SMILES string of the molecule is CC.CC.COC.COC.O=C(OCCc1ccccc1)c1ccccc1. The normalized spacial score (nSPS) is 8.00. The summed E-state index contributed by atoms with van der Waals surface area (Å²) < 4.78 is 13.7. The van der Waals surface area contributed by atoms with Crippen molar-refractivity contribution in [3.8, 4) is 0 Å². The van der Waals surface area contributed by atoms with Crippen LogP contribution in [0, 0.1) is 0 Å². The first kappa shape index (κ1) is 29.6. The summed E-state index contributed by atoms with van der Waals surface area (Å²) in [7, 11) is 6.50. The molecule has 0 radical (unpaired) electrons. The summed E-state index contributed by atoms with van der Waals surface area (Å²) in [4.78, 5) is 11.6. The van der Waals surface area contributed by atoms with Crippen molar-refractivity contribution in [1.29, 1.82) is 0 Å². The zero-order chi connectivity index (χ0) is 21.3. The van der Waals surface area contributed by atoms with E-state index in [-0.39, 0.29) is 5.97 Å². The molecule has 2 aromatic carbocycles. The third-order valence-electron chi connectivity index (χ3n) is 2.48. The van der Waals surface area contributed by atoms with Crippen molar-refractivity contribution in [1.82, 2.24) is 0 Å². The first-order chi connectivity index (χ1) is 13.2. The Morgan fingerprint density at radius 2 is 1.07 bits per heavy atom. The van der Waals surface area contributed by atoms with Gasteiger partial charge < -0.3 is 14.2 Å². The highest BCUT2D eigenvalue weighted by atomic mass is 16.5. The highest BCUT2D eigenvalue weighted by molar-refractivity contribution is 5.89. The van der Waals surface area contributed by atoms with Gasteiger partial charge in [-0.15, -0.1) is 0 Å². The topological polar surface area (TPSA) is 44.8 Å². The fraction of sp³-hybridized carbons (Fsp3) is 0.435. The van der Waals surface area contributed by atoms with Gasteiger partial charge in [0.25, 0.3) is 0 Å². The lowest BCUT2D eigenvalue weighted by Gasteiger charge is -2.04. The van der Waals surface area contributed by atoms with Gasteiger partial charge in [0, 0.05) is 34.9 Å². The molecule has 0 aromatic heterocycles. The summed E-state index contributed by atoms with van der Waals surface area (Å²) in [5.41, 5.74) is 1.77. The fourth-order valence-electron chi connectivity index (χ4n) is 1.56. The molecule has 0 saturated heterocycles. The van der Waals surface area contributed by atoms with E-state index in [9.17, 15) is 4.79 Å². The molecule has 154 valence electrons. The number of benzene rings is 2. The molecule has 0 atom stereocenters. The minimum absolute atomic E-state index is 0.262. The summed E-state index contributed by atoms with van der Waals surface area (Å²) in [6, 6.07) is 19.0. The second-order valence-corrected chi connectivity index (χ2v) is 4.55. The molecule has 0 bridgehead atoms. The Morgan fingerprint density at radius 1 is 0.704 bits per heavy atom. The van der Waals surface area contributed by atoms with Crippen LogP contribution in [0.3, 0.4) is 0 Å². The summed E-state index contributed by atoms with van der Waals surface area (Å²) in [5, 5.41) is 0. The molecular weight excluding hydrogens is 340 g/mol. The first-order valence-corrected chi connectivity index (χ1v) is 9.25. The Morgan fingerprint density at radius 3 is 1.48 bits per heavy atom. The Labute approximate surface area is 166 Å². The summed E-state index contributed by atoms with van der Waals surface area (Å²) >= 11 is 0. The highest BCUT2D eigenvalue weighted by Crippen LogP contribution is 2.03. The van der Waals surface area contributed by atoms with Crippen LogP contribution >= 0.6 is 0 Å². The molecule has 0 aliphatic rings. The molecule has 27 heavy (non-hydrogen) atoms. The second kappa shape index (κ2) is 26.1. The third-order valence-corrected chi connectivity index (χ3v) is 2.48. The molecule has 4 nitrogen and oxygen atoms in total. The number of hydrogen-bond donors (Lipinski definition) is 0. The lowest BCUT2D eigenvalue weighted by molar-refractivity contribution is 0.0509. The summed E-state index contributed by atoms with van der Waals surface area (Å²) in [6.45, 7) is 8.41. The second-order valence-electron chi connectivity index (χ2n) is 4.55. The molecule has 0 spiro atoms. The van der Waals surface area contributed by atoms with E-state index in [0.29, 0.717) is 12.2 Å². The van der Waals surface area contributed by atoms with Gasteiger partial charge in [0.05, 0.1) is 12.2 Å². The van der Waals surface area contributed by atoms with Crippen molar-refractivity contribution in [2.24, 2.45) is 0 Å². The van der Waals surface area contributed by atoms with Gasteiger partial charge in [0.2, 0.25) is 0 Å². The zero-order valence-corrected chi connectivity index (χ0v) is 18.3.